The molecule has 3 rings (SSSR count). The second kappa shape index (κ2) is 5.60. The molecule has 2 saturated carbocycles. The minimum absolute atomic E-state index is 0.569. The summed E-state index contributed by atoms with van der Waals surface area (Å²) >= 11 is 0. The van der Waals surface area contributed by atoms with Crippen LogP contribution in [0, 0.1) is 23.2 Å². The Bertz CT molecular complexity index is 364. The Hall–Kier alpha value is -0.0831. The molecule has 0 saturated heterocycles. The van der Waals surface area contributed by atoms with Gasteiger partial charge in [-0.05, 0) is 74.4 Å². The number of allylic oxidation sites excluding steroid dienone is 2. The van der Waals surface area contributed by atoms with E-state index in [2.05, 4.69) is 32.2 Å². The topological polar surface area (TPSA) is 9.23 Å². The molecule has 0 amide bonds. The van der Waals surface area contributed by atoms with Gasteiger partial charge >= 0.3 is 0 Å². The Morgan fingerprint density at radius 1 is 1.20 bits per heavy atom. The molecule has 0 aliphatic heterocycles. The van der Waals surface area contributed by atoms with Crippen LogP contribution >= 0.6 is 0 Å². The molecule has 3 aliphatic rings. The molecular weight excluding hydrogens is 260 g/mol. The Morgan fingerprint density at radius 3 is 2.50 bits per heavy atom. The lowest BCUT2D eigenvalue weighted by Crippen LogP contribution is -2.40. The van der Waals surface area contributed by atoms with Crippen molar-refractivity contribution >= 4 is 8.32 Å². The molecular formula is C18H32OSi. The van der Waals surface area contributed by atoms with Crippen LogP contribution in [-0.2, 0) is 4.43 Å². The highest BCUT2D eigenvalue weighted by molar-refractivity contribution is 6.71. The maximum atomic E-state index is 6.49. The first-order valence-electron chi connectivity index (χ1n) is 8.84. The zero-order chi connectivity index (χ0) is 14.2. The SMILES string of the molecule is CCC1(CO[Si](C)(C)CCC2CC3C=CC2C3)CCC1. The first-order valence-corrected chi connectivity index (χ1v) is 12.0. The van der Waals surface area contributed by atoms with Gasteiger partial charge in [0.05, 0.1) is 0 Å². The quantitative estimate of drug-likeness (QED) is 0.451. The van der Waals surface area contributed by atoms with Crippen molar-refractivity contribution in [3.05, 3.63) is 12.2 Å². The molecule has 0 N–H and O–H groups in total. The van der Waals surface area contributed by atoms with Crippen LogP contribution in [0.4, 0.5) is 0 Å². The highest BCUT2D eigenvalue weighted by Gasteiger charge is 2.39. The summed E-state index contributed by atoms with van der Waals surface area (Å²) < 4.78 is 6.49. The summed E-state index contributed by atoms with van der Waals surface area (Å²) in [4.78, 5) is 0. The van der Waals surface area contributed by atoms with Gasteiger partial charge in [-0.2, -0.15) is 0 Å². The highest BCUT2D eigenvalue weighted by atomic mass is 28.4. The first-order chi connectivity index (χ1) is 9.52. The normalized spacial score (nSPS) is 34.5. The fourth-order valence-electron chi connectivity index (χ4n) is 4.46. The van der Waals surface area contributed by atoms with E-state index in [4.69, 9.17) is 4.43 Å². The van der Waals surface area contributed by atoms with E-state index in [9.17, 15) is 0 Å². The van der Waals surface area contributed by atoms with E-state index in [1.54, 1.807) is 0 Å². The number of rotatable bonds is 7. The van der Waals surface area contributed by atoms with Crippen molar-refractivity contribution in [2.75, 3.05) is 6.61 Å². The third-order valence-corrected chi connectivity index (χ3v) is 8.89. The van der Waals surface area contributed by atoms with Gasteiger partial charge in [-0.15, -0.1) is 0 Å². The van der Waals surface area contributed by atoms with Gasteiger partial charge in [0.2, 0.25) is 0 Å². The van der Waals surface area contributed by atoms with Crippen molar-refractivity contribution in [2.24, 2.45) is 23.2 Å². The highest BCUT2D eigenvalue weighted by Crippen LogP contribution is 2.47. The van der Waals surface area contributed by atoms with Crippen molar-refractivity contribution in [3.8, 4) is 0 Å². The molecule has 2 bridgehead atoms. The lowest BCUT2D eigenvalue weighted by atomic mass is 9.68. The number of hydrogen-bond acceptors (Lipinski definition) is 1. The summed E-state index contributed by atoms with van der Waals surface area (Å²) in [6, 6.07) is 1.37. The predicted octanol–water partition coefficient (Wildman–Crippen LogP) is 5.39. The zero-order valence-electron chi connectivity index (χ0n) is 13.7. The number of hydrogen-bond donors (Lipinski definition) is 0. The summed E-state index contributed by atoms with van der Waals surface area (Å²) in [5, 5.41) is 0. The van der Waals surface area contributed by atoms with E-state index in [-0.39, 0.29) is 0 Å². The lowest BCUT2D eigenvalue weighted by Gasteiger charge is -2.43. The third kappa shape index (κ3) is 3.06. The van der Waals surface area contributed by atoms with Gasteiger partial charge in [-0.25, -0.2) is 0 Å². The van der Waals surface area contributed by atoms with E-state index >= 15 is 0 Å². The van der Waals surface area contributed by atoms with Crippen LogP contribution in [0.3, 0.4) is 0 Å². The third-order valence-electron chi connectivity index (χ3n) is 6.47. The van der Waals surface area contributed by atoms with Crippen molar-refractivity contribution in [1.29, 1.82) is 0 Å². The molecule has 0 radical (unpaired) electrons. The van der Waals surface area contributed by atoms with E-state index in [1.165, 1.54) is 51.0 Å². The summed E-state index contributed by atoms with van der Waals surface area (Å²) in [6.45, 7) is 8.29. The van der Waals surface area contributed by atoms with Crippen molar-refractivity contribution in [2.45, 2.75) is 71.0 Å². The zero-order valence-corrected chi connectivity index (χ0v) is 14.7. The van der Waals surface area contributed by atoms with Crippen LogP contribution in [0.25, 0.3) is 0 Å². The Morgan fingerprint density at radius 2 is 2.00 bits per heavy atom. The Kier molecular flexibility index (Phi) is 4.16. The van der Waals surface area contributed by atoms with Crippen LogP contribution in [0.2, 0.25) is 19.1 Å². The van der Waals surface area contributed by atoms with Gasteiger partial charge in [-0.3, -0.25) is 0 Å². The van der Waals surface area contributed by atoms with Crippen molar-refractivity contribution in [1.82, 2.24) is 0 Å². The molecule has 114 valence electrons. The van der Waals surface area contributed by atoms with E-state index in [0.29, 0.717) is 5.41 Å². The minimum Gasteiger partial charge on any atom is -0.417 e. The van der Waals surface area contributed by atoms with E-state index in [0.717, 1.165) is 24.4 Å². The summed E-state index contributed by atoms with van der Waals surface area (Å²) in [7, 11) is -1.43. The summed E-state index contributed by atoms with van der Waals surface area (Å²) in [6.07, 6.45) is 14.8. The molecule has 20 heavy (non-hydrogen) atoms. The molecule has 2 fully saturated rings. The standard InChI is InChI=1S/C18H32OSi/c1-4-18(9-5-10-18)14-19-20(2,3)11-8-17-13-15-6-7-16(17)12-15/h6-7,15-17H,4-5,8-14H2,1-3H3. The Labute approximate surface area is 126 Å². The Balaban J connectivity index is 1.43. The molecule has 2 heteroatoms. The van der Waals surface area contributed by atoms with Crippen molar-refractivity contribution in [3.63, 3.8) is 0 Å². The van der Waals surface area contributed by atoms with Crippen molar-refractivity contribution < 1.29 is 4.43 Å². The van der Waals surface area contributed by atoms with Crippen LogP contribution < -0.4 is 0 Å². The number of fused-ring (bicyclic) bond motifs is 2. The maximum absolute atomic E-state index is 6.49. The molecule has 0 aromatic rings. The van der Waals surface area contributed by atoms with Crippen LogP contribution in [-0.4, -0.2) is 14.9 Å². The molecule has 1 nitrogen and oxygen atoms in total. The van der Waals surface area contributed by atoms with Crippen LogP contribution in [0.5, 0.6) is 0 Å². The second-order valence-electron chi connectivity index (χ2n) is 8.33. The molecule has 0 aromatic carbocycles. The van der Waals surface area contributed by atoms with Gasteiger partial charge in [0.1, 0.15) is 0 Å². The predicted molar refractivity (Wildman–Crippen MR) is 88.3 cm³/mol. The molecule has 0 aromatic heterocycles. The van der Waals surface area contributed by atoms with Crippen LogP contribution in [0.1, 0.15) is 51.9 Å². The van der Waals surface area contributed by atoms with Gasteiger partial charge in [-0.1, -0.05) is 31.9 Å². The fourth-order valence-corrected chi connectivity index (χ4v) is 6.36. The molecule has 3 aliphatic carbocycles. The average Bonchev–Trinajstić information content (AvgIpc) is 2.98. The monoisotopic (exact) mass is 292 g/mol. The van der Waals surface area contributed by atoms with E-state index in [1.807, 2.05) is 0 Å². The first kappa shape index (κ1) is 14.8. The molecule has 3 unspecified atom stereocenters. The smallest absolute Gasteiger partial charge is 0.186 e. The maximum Gasteiger partial charge on any atom is 0.186 e. The minimum atomic E-state index is -1.43. The summed E-state index contributed by atoms with van der Waals surface area (Å²) in [5.41, 5.74) is 0.569. The van der Waals surface area contributed by atoms with Gasteiger partial charge in [0, 0.05) is 6.61 Å². The average molecular weight is 293 g/mol. The second-order valence-corrected chi connectivity index (χ2v) is 12.6. The van der Waals surface area contributed by atoms with E-state index < -0.39 is 8.32 Å². The molecule has 0 spiro atoms. The summed E-state index contributed by atoms with van der Waals surface area (Å²) in [5.74, 6) is 2.82. The molecule has 3 atom stereocenters. The molecule has 0 heterocycles. The largest absolute Gasteiger partial charge is 0.417 e. The van der Waals surface area contributed by atoms with Gasteiger partial charge < -0.3 is 4.43 Å². The fraction of sp³-hybridized carbons (Fsp3) is 0.889. The van der Waals surface area contributed by atoms with Gasteiger partial charge in [0.15, 0.2) is 8.32 Å². The lowest BCUT2D eigenvalue weighted by molar-refractivity contribution is 0.0491. The van der Waals surface area contributed by atoms with Crippen LogP contribution in [0.15, 0.2) is 12.2 Å². The van der Waals surface area contributed by atoms with Gasteiger partial charge in [0.25, 0.3) is 0 Å².